The van der Waals surface area contributed by atoms with Gasteiger partial charge in [-0.25, -0.2) is 8.78 Å². The van der Waals surface area contributed by atoms with Crippen LogP contribution in [0, 0.1) is 0 Å². The van der Waals surface area contributed by atoms with Crippen LogP contribution in [0.1, 0.15) is 46.0 Å². The Bertz CT molecular complexity index is 497. The van der Waals surface area contributed by atoms with Crippen LogP contribution in [0.15, 0.2) is 46.3 Å². The number of halogens is 2. The van der Waals surface area contributed by atoms with E-state index in [4.69, 9.17) is 0 Å². The van der Waals surface area contributed by atoms with Gasteiger partial charge in [0, 0.05) is 6.42 Å². The molecule has 0 heterocycles. The van der Waals surface area contributed by atoms with Crippen LogP contribution in [-0.2, 0) is 0 Å². The maximum absolute atomic E-state index is 13.7. The maximum atomic E-state index is 13.7. The smallest absolute Gasteiger partial charge is 0.128 e. The van der Waals surface area contributed by atoms with Crippen molar-refractivity contribution in [1.29, 1.82) is 0 Å². The second-order valence-electron chi connectivity index (χ2n) is 5.61. The molecule has 0 fully saturated rings. The van der Waals surface area contributed by atoms with Gasteiger partial charge < -0.3 is 5.11 Å². The molecule has 0 radical (unpaired) electrons. The van der Waals surface area contributed by atoms with E-state index in [0.29, 0.717) is 0 Å². The minimum atomic E-state index is -1.22. The standard InChI is InChI=1S/C17H22F2O/c1-3-4-17(20)13-7-5-12(6-8-13)14-9-15(18)11(2)16(19)10-14/h5,7,9,16-17,20H,3-4,6,8,10H2,1-2H3. The van der Waals surface area contributed by atoms with Crippen molar-refractivity contribution < 1.29 is 13.9 Å². The highest BCUT2D eigenvalue weighted by Crippen LogP contribution is 2.35. The van der Waals surface area contributed by atoms with E-state index >= 15 is 0 Å². The largest absolute Gasteiger partial charge is 0.389 e. The zero-order valence-electron chi connectivity index (χ0n) is 12.1. The zero-order valence-corrected chi connectivity index (χ0v) is 12.1. The third-order valence-electron chi connectivity index (χ3n) is 4.13. The van der Waals surface area contributed by atoms with E-state index in [0.717, 1.165) is 42.4 Å². The van der Waals surface area contributed by atoms with Crippen molar-refractivity contribution in [2.75, 3.05) is 0 Å². The third kappa shape index (κ3) is 3.26. The topological polar surface area (TPSA) is 20.2 Å². The molecule has 2 aliphatic rings. The maximum Gasteiger partial charge on any atom is 0.128 e. The lowest BCUT2D eigenvalue weighted by molar-refractivity contribution is 0.195. The summed E-state index contributed by atoms with van der Waals surface area (Å²) < 4.78 is 27.3. The summed E-state index contributed by atoms with van der Waals surface area (Å²) >= 11 is 0. The third-order valence-corrected chi connectivity index (χ3v) is 4.13. The molecule has 2 rings (SSSR count). The molecule has 2 atom stereocenters. The van der Waals surface area contributed by atoms with Crippen LogP contribution >= 0.6 is 0 Å². The summed E-state index contributed by atoms with van der Waals surface area (Å²) in [6.07, 6.45) is 7.16. The summed E-state index contributed by atoms with van der Waals surface area (Å²) in [6.45, 7) is 3.54. The number of aliphatic hydroxyl groups is 1. The van der Waals surface area contributed by atoms with E-state index in [2.05, 4.69) is 0 Å². The van der Waals surface area contributed by atoms with Crippen molar-refractivity contribution in [3.63, 3.8) is 0 Å². The van der Waals surface area contributed by atoms with Crippen LogP contribution < -0.4 is 0 Å². The molecule has 0 aromatic rings. The molecule has 1 nitrogen and oxygen atoms in total. The highest BCUT2D eigenvalue weighted by Gasteiger charge is 2.23. The van der Waals surface area contributed by atoms with Gasteiger partial charge in [0.25, 0.3) is 0 Å². The van der Waals surface area contributed by atoms with E-state index in [9.17, 15) is 13.9 Å². The summed E-state index contributed by atoms with van der Waals surface area (Å²) in [5.74, 6) is -0.444. The molecule has 0 amide bonds. The average molecular weight is 280 g/mol. The molecule has 20 heavy (non-hydrogen) atoms. The van der Waals surface area contributed by atoms with Crippen molar-refractivity contribution in [2.24, 2.45) is 0 Å². The molecule has 0 saturated heterocycles. The van der Waals surface area contributed by atoms with Gasteiger partial charge in [-0.2, -0.15) is 0 Å². The molecule has 0 aliphatic heterocycles. The van der Waals surface area contributed by atoms with E-state index in [1.54, 1.807) is 0 Å². The summed E-state index contributed by atoms with van der Waals surface area (Å²) in [6, 6.07) is 0. The lowest BCUT2D eigenvalue weighted by Gasteiger charge is -2.23. The summed E-state index contributed by atoms with van der Waals surface area (Å²) in [4.78, 5) is 0. The molecule has 0 spiro atoms. The van der Waals surface area contributed by atoms with Crippen molar-refractivity contribution >= 4 is 0 Å². The fourth-order valence-electron chi connectivity index (χ4n) is 2.70. The quantitative estimate of drug-likeness (QED) is 0.791. The van der Waals surface area contributed by atoms with Crippen LogP contribution in [0.25, 0.3) is 0 Å². The van der Waals surface area contributed by atoms with Crippen LogP contribution in [0.4, 0.5) is 8.78 Å². The molecular formula is C17H22F2O. The Kier molecular flexibility index (Phi) is 4.92. The van der Waals surface area contributed by atoms with Gasteiger partial charge in [0.2, 0.25) is 0 Å². The minimum Gasteiger partial charge on any atom is -0.389 e. The Hall–Kier alpha value is -1.22. The van der Waals surface area contributed by atoms with Crippen molar-refractivity contribution in [3.8, 4) is 0 Å². The molecule has 0 saturated carbocycles. The van der Waals surface area contributed by atoms with E-state index in [-0.39, 0.29) is 18.1 Å². The number of rotatable bonds is 4. The van der Waals surface area contributed by atoms with Crippen molar-refractivity contribution in [2.45, 2.75) is 58.2 Å². The predicted octanol–water partition coefficient (Wildman–Crippen LogP) is 4.71. The molecular weight excluding hydrogens is 258 g/mol. The Morgan fingerprint density at radius 2 is 2.05 bits per heavy atom. The number of aliphatic hydroxyl groups excluding tert-OH is 1. The summed E-state index contributed by atoms with van der Waals surface area (Å²) in [5.41, 5.74) is 2.96. The average Bonchev–Trinajstić information content (AvgIpc) is 2.44. The highest BCUT2D eigenvalue weighted by molar-refractivity contribution is 5.45. The molecule has 0 aromatic carbocycles. The number of allylic oxidation sites excluding steroid dienone is 7. The lowest BCUT2D eigenvalue weighted by Crippen LogP contribution is -2.14. The monoisotopic (exact) mass is 280 g/mol. The lowest BCUT2D eigenvalue weighted by atomic mass is 9.85. The highest BCUT2D eigenvalue weighted by atomic mass is 19.1. The Balaban J connectivity index is 2.15. The van der Waals surface area contributed by atoms with Crippen molar-refractivity contribution in [1.82, 2.24) is 0 Å². The summed E-state index contributed by atoms with van der Waals surface area (Å²) in [7, 11) is 0. The normalized spacial score (nSPS) is 25.1. The van der Waals surface area contributed by atoms with Crippen LogP contribution in [0.2, 0.25) is 0 Å². The molecule has 0 aromatic heterocycles. The first kappa shape index (κ1) is 15.2. The molecule has 2 aliphatic carbocycles. The Morgan fingerprint density at radius 3 is 2.60 bits per heavy atom. The second kappa shape index (κ2) is 6.49. The Labute approximate surface area is 119 Å². The first-order valence-electron chi connectivity index (χ1n) is 7.32. The van der Waals surface area contributed by atoms with E-state index < -0.39 is 12.0 Å². The number of alkyl halides is 1. The van der Waals surface area contributed by atoms with Gasteiger partial charge in [-0.05, 0) is 54.6 Å². The first-order chi connectivity index (χ1) is 9.52. The molecule has 3 heteroatoms. The zero-order chi connectivity index (χ0) is 14.7. The van der Waals surface area contributed by atoms with Crippen LogP contribution in [0.3, 0.4) is 0 Å². The van der Waals surface area contributed by atoms with Crippen molar-refractivity contribution in [3.05, 3.63) is 46.3 Å². The molecule has 1 N–H and O–H groups in total. The van der Waals surface area contributed by atoms with Crippen LogP contribution in [-0.4, -0.2) is 17.4 Å². The minimum absolute atomic E-state index is 0.194. The van der Waals surface area contributed by atoms with Crippen LogP contribution in [0.5, 0.6) is 0 Å². The number of hydrogen-bond acceptors (Lipinski definition) is 1. The SMILES string of the molecule is CCCC(O)C1=CC=C(C2=CC(F)=C(C)C(F)C2)CC1. The predicted molar refractivity (Wildman–Crippen MR) is 77.7 cm³/mol. The molecule has 0 bridgehead atoms. The second-order valence-corrected chi connectivity index (χ2v) is 5.61. The van der Waals surface area contributed by atoms with Gasteiger partial charge in [-0.3, -0.25) is 0 Å². The van der Waals surface area contributed by atoms with Gasteiger partial charge >= 0.3 is 0 Å². The fraction of sp³-hybridized carbons (Fsp3) is 0.529. The van der Waals surface area contributed by atoms with E-state index in [1.165, 1.54) is 13.0 Å². The fourth-order valence-corrected chi connectivity index (χ4v) is 2.70. The molecule has 110 valence electrons. The molecule has 2 unspecified atom stereocenters. The van der Waals surface area contributed by atoms with Gasteiger partial charge in [-0.1, -0.05) is 25.5 Å². The van der Waals surface area contributed by atoms with Gasteiger partial charge in [0.15, 0.2) is 0 Å². The summed E-state index contributed by atoms with van der Waals surface area (Å²) in [5, 5.41) is 9.95. The number of hydrogen-bond donors (Lipinski definition) is 1. The Morgan fingerprint density at radius 1 is 1.30 bits per heavy atom. The van der Waals surface area contributed by atoms with Gasteiger partial charge in [0.1, 0.15) is 12.0 Å². The first-order valence-corrected chi connectivity index (χ1v) is 7.32. The van der Waals surface area contributed by atoms with Gasteiger partial charge in [-0.15, -0.1) is 0 Å². The van der Waals surface area contributed by atoms with Gasteiger partial charge in [0.05, 0.1) is 6.10 Å². The van der Waals surface area contributed by atoms with E-state index in [1.807, 2.05) is 19.1 Å².